The molecule has 2 unspecified atom stereocenters. The van der Waals surface area contributed by atoms with Crippen LogP contribution in [0.4, 0.5) is 0 Å². The van der Waals surface area contributed by atoms with Gasteiger partial charge in [-0.05, 0) is 31.2 Å². The van der Waals surface area contributed by atoms with Crippen LogP contribution >= 0.6 is 11.8 Å². The average molecular weight is 293 g/mol. The summed E-state index contributed by atoms with van der Waals surface area (Å²) in [7, 11) is 0. The quantitative estimate of drug-likeness (QED) is 0.670. The van der Waals surface area contributed by atoms with Gasteiger partial charge in [-0.2, -0.15) is 11.8 Å². The molecule has 1 aliphatic rings. The number of hydrazine groups is 1. The van der Waals surface area contributed by atoms with Crippen LogP contribution in [0.25, 0.3) is 0 Å². The van der Waals surface area contributed by atoms with E-state index in [0.717, 1.165) is 12.1 Å². The Balaban J connectivity index is 1.69. The predicted molar refractivity (Wildman–Crippen MR) is 84.4 cm³/mol. The van der Waals surface area contributed by atoms with Crippen molar-refractivity contribution in [2.24, 2.45) is 0 Å². The molecule has 2 atom stereocenters. The van der Waals surface area contributed by atoms with Gasteiger partial charge in [0.1, 0.15) is 0 Å². The van der Waals surface area contributed by atoms with E-state index in [9.17, 15) is 4.79 Å². The van der Waals surface area contributed by atoms with E-state index >= 15 is 0 Å². The normalized spacial score (nSPS) is 19.8. The van der Waals surface area contributed by atoms with Crippen LogP contribution in [0.15, 0.2) is 30.3 Å². The molecule has 1 amide bonds. The van der Waals surface area contributed by atoms with Crippen molar-refractivity contribution in [2.75, 3.05) is 12.8 Å². The first-order chi connectivity index (χ1) is 9.79. The number of hydrogen-bond donors (Lipinski definition) is 3. The van der Waals surface area contributed by atoms with Gasteiger partial charge in [0.2, 0.25) is 5.91 Å². The van der Waals surface area contributed by atoms with Crippen LogP contribution in [-0.4, -0.2) is 30.0 Å². The highest BCUT2D eigenvalue weighted by molar-refractivity contribution is 7.99. The predicted octanol–water partition coefficient (Wildman–Crippen LogP) is 1.68. The van der Waals surface area contributed by atoms with Crippen molar-refractivity contribution in [3.63, 3.8) is 0 Å². The monoisotopic (exact) mass is 293 g/mol. The van der Waals surface area contributed by atoms with Crippen molar-refractivity contribution in [3.05, 3.63) is 35.9 Å². The third-order valence-corrected chi connectivity index (χ3v) is 4.70. The topological polar surface area (TPSA) is 53.2 Å². The van der Waals surface area contributed by atoms with Crippen LogP contribution in [0.2, 0.25) is 0 Å². The van der Waals surface area contributed by atoms with Gasteiger partial charge < -0.3 is 5.32 Å². The number of benzene rings is 1. The third-order valence-electron chi connectivity index (χ3n) is 3.60. The fourth-order valence-corrected chi connectivity index (χ4v) is 3.37. The number of thioether (sulfide) groups is 1. The molecule has 1 saturated heterocycles. The van der Waals surface area contributed by atoms with Gasteiger partial charge in [0.25, 0.3) is 0 Å². The summed E-state index contributed by atoms with van der Waals surface area (Å²) in [5.41, 5.74) is 6.94. The first-order valence-corrected chi connectivity index (χ1v) is 8.40. The van der Waals surface area contributed by atoms with E-state index in [1.807, 2.05) is 30.3 Å². The zero-order valence-corrected chi connectivity index (χ0v) is 12.7. The minimum atomic E-state index is 0.0639. The second kappa shape index (κ2) is 8.29. The van der Waals surface area contributed by atoms with E-state index in [4.69, 9.17) is 0 Å². The lowest BCUT2D eigenvalue weighted by molar-refractivity contribution is -0.122. The first kappa shape index (κ1) is 15.4. The van der Waals surface area contributed by atoms with Crippen LogP contribution in [0.3, 0.4) is 0 Å². The summed E-state index contributed by atoms with van der Waals surface area (Å²) < 4.78 is 0. The van der Waals surface area contributed by atoms with Crippen LogP contribution in [0.1, 0.15) is 24.8 Å². The van der Waals surface area contributed by atoms with E-state index in [1.54, 1.807) is 11.8 Å². The standard InChI is InChI=1S/C15H23N3OS/c1-20-14(13-8-5-9-16-13)10-15(19)18-17-11-12-6-3-2-4-7-12/h2-4,6-7,13-14,16-17H,5,8-11H2,1H3,(H,18,19). The fourth-order valence-electron chi connectivity index (χ4n) is 2.49. The van der Waals surface area contributed by atoms with Gasteiger partial charge in [-0.25, -0.2) is 5.43 Å². The highest BCUT2D eigenvalue weighted by atomic mass is 32.2. The molecule has 0 spiro atoms. The van der Waals surface area contributed by atoms with Gasteiger partial charge in [-0.15, -0.1) is 0 Å². The maximum absolute atomic E-state index is 11.9. The van der Waals surface area contributed by atoms with Gasteiger partial charge in [0.05, 0.1) is 0 Å². The van der Waals surface area contributed by atoms with Crippen molar-refractivity contribution >= 4 is 17.7 Å². The van der Waals surface area contributed by atoms with E-state index in [1.165, 1.54) is 12.8 Å². The first-order valence-electron chi connectivity index (χ1n) is 7.11. The number of carbonyl (C=O) groups is 1. The highest BCUT2D eigenvalue weighted by Gasteiger charge is 2.25. The van der Waals surface area contributed by atoms with E-state index < -0.39 is 0 Å². The Bertz CT molecular complexity index is 407. The maximum atomic E-state index is 11.9. The molecule has 1 aromatic rings. The van der Waals surface area contributed by atoms with E-state index in [0.29, 0.717) is 24.3 Å². The molecule has 110 valence electrons. The number of amides is 1. The molecular formula is C15H23N3OS. The van der Waals surface area contributed by atoms with Crippen LogP contribution in [0.5, 0.6) is 0 Å². The van der Waals surface area contributed by atoms with Crippen molar-refractivity contribution in [1.82, 2.24) is 16.2 Å². The van der Waals surface area contributed by atoms with Gasteiger partial charge >= 0.3 is 0 Å². The third kappa shape index (κ3) is 4.81. The van der Waals surface area contributed by atoms with Crippen LogP contribution in [-0.2, 0) is 11.3 Å². The van der Waals surface area contributed by atoms with Crippen molar-refractivity contribution in [1.29, 1.82) is 0 Å². The molecule has 20 heavy (non-hydrogen) atoms. The molecule has 2 rings (SSSR count). The summed E-state index contributed by atoms with van der Waals surface area (Å²) in [6.45, 7) is 1.73. The van der Waals surface area contributed by atoms with Crippen LogP contribution in [0, 0.1) is 0 Å². The second-order valence-corrected chi connectivity index (χ2v) is 6.15. The summed E-state index contributed by atoms with van der Waals surface area (Å²) in [5.74, 6) is 0.0639. The lowest BCUT2D eigenvalue weighted by Gasteiger charge is -2.21. The van der Waals surface area contributed by atoms with Crippen LogP contribution < -0.4 is 16.2 Å². The summed E-state index contributed by atoms with van der Waals surface area (Å²) in [6, 6.07) is 10.5. The van der Waals surface area contributed by atoms with Gasteiger partial charge in [-0.1, -0.05) is 30.3 Å². The SMILES string of the molecule is CSC(CC(=O)NNCc1ccccc1)C1CCCN1. The molecule has 0 saturated carbocycles. The Morgan fingerprint density at radius 1 is 1.45 bits per heavy atom. The zero-order chi connectivity index (χ0) is 14.2. The largest absolute Gasteiger partial charge is 0.313 e. The van der Waals surface area contributed by atoms with Crippen molar-refractivity contribution < 1.29 is 4.79 Å². The Labute approximate surface area is 125 Å². The summed E-state index contributed by atoms with van der Waals surface area (Å²) in [4.78, 5) is 11.9. The molecule has 1 aromatic carbocycles. The second-order valence-electron chi connectivity index (χ2n) is 5.07. The van der Waals surface area contributed by atoms with Gasteiger partial charge in [0, 0.05) is 24.3 Å². The Morgan fingerprint density at radius 3 is 2.90 bits per heavy atom. The molecule has 1 aliphatic heterocycles. The molecule has 4 nitrogen and oxygen atoms in total. The number of nitrogens with one attached hydrogen (secondary N) is 3. The summed E-state index contributed by atoms with van der Waals surface area (Å²) in [6.07, 6.45) is 5.03. The van der Waals surface area contributed by atoms with Crippen molar-refractivity contribution in [2.45, 2.75) is 37.1 Å². The highest BCUT2D eigenvalue weighted by Crippen LogP contribution is 2.21. The zero-order valence-electron chi connectivity index (χ0n) is 11.9. The minimum Gasteiger partial charge on any atom is -0.313 e. The molecule has 1 fully saturated rings. The molecule has 0 radical (unpaired) electrons. The van der Waals surface area contributed by atoms with E-state index in [2.05, 4.69) is 22.4 Å². The maximum Gasteiger partial charge on any atom is 0.235 e. The Kier molecular flexibility index (Phi) is 6.36. The number of carbonyl (C=O) groups excluding carboxylic acids is 1. The number of hydrogen-bond acceptors (Lipinski definition) is 4. The molecule has 3 N–H and O–H groups in total. The molecule has 0 aromatic heterocycles. The Morgan fingerprint density at radius 2 is 2.25 bits per heavy atom. The summed E-state index contributed by atoms with van der Waals surface area (Å²) in [5, 5.41) is 3.83. The lowest BCUT2D eigenvalue weighted by Crippen LogP contribution is -2.41. The fraction of sp³-hybridized carbons (Fsp3) is 0.533. The summed E-state index contributed by atoms with van der Waals surface area (Å²) >= 11 is 1.77. The lowest BCUT2D eigenvalue weighted by atomic mass is 10.1. The van der Waals surface area contributed by atoms with Crippen molar-refractivity contribution in [3.8, 4) is 0 Å². The minimum absolute atomic E-state index is 0.0639. The number of rotatable bonds is 7. The molecule has 0 bridgehead atoms. The average Bonchev–Trinajstić information content (AvgIpc) is 3.00. The van der Waals surface area contributed by atoms with E-state index in [-0.39, 0.29) is 5.91 Å². The van der Waals surface area contributed by atoms with Gasteiger partial charge in [-0.3, -0.25) is 10.2 Å². The molecule has 1 heterocycles. The van der Waals surface area contributed by atoms with Gasteiger partial charge in [0.15, 0.2) is 0 Å². The molecular weight excluding hydrogens is 270 g/mol. The molecule has 0 aliphatic carbocycles. The smallest absolute Gasteiger partial charge is 0.235 e. The molecule has 5 heteroatoms. The Hall–Kier alpha value is -1.04.